The highest BCUT2D eigenvalue weighted by Crippen LogP contribution is 2.45. The maximum Gasteiger partial charge on any atom is 0.337 e. The largest absolute Gasteiger partial charge is 0.493 e. The van der Waals surface area contributed by atoms with Crippen molar-refractivity contribution in [3.05, 3.63) is 70.4 Å². The van der Waals surface area contributed by atoms with E-state index in [4.69, 9.17) is 26.1 Å². The molecule has 0 aliphatic carbocycles. The Hall–Kier alpha value is -3.15. The Labute approximate surface area is 203 Å². The molecule has 1 aliphatic heterocycles. The standard InChI is InChI=1S/C28H26ClNO4/c1-15-13-17-5-6-18(29)14-20(17)24(22(15)26(27(31)32)34-28(2,3)4)19-7-8-21-23-16(10-12-33-21)9-11-30-25(19)23/h5-9,11,13-14,26H,10,12H2,1-4H3,(H,31,32)/t26-/m0/s1. The van der Waals surface area contributed by atoms with Crippen molar-refractivity contribution in [3.63, 3.8) is 0 Å². The second-order valence-electron chi connectivity index (χ2n) is 9.70. The highest BCUT2D eigenvalue weighted by atomic mass is 35.5. The Balaban J connectivity index is 1.92. The van der Waals surface area contributed by atoms with Crippen LogP contribution in [-0.2, 0) is 16.0 Å². The fraction of sp³-hybridized carbons (Fsp3) is 0.286. The lowest BCUT2D eigenvalue weighted by Crippen LogP contribution is -2.28. The van der Waals surface area contributed by atoms with Crippen molar-refractivity contribution >= 4 is 39.2 Å². The molecular formula is C28H26ClNO4. The van der Waals surface area contributed by atoms with E-state index in [1.165, 1.54) is 5.56 Å². The Morgan fingerprint density at radius 3 is 2.71 bits per heavy atom. The molecule has 3 aromatic carbocycles. The Kier molecular flexibility index (Phi) is 5.50. The van der Waals surface area contributed by atoms with Gasteiger partial charge in [-0.2, -0.15) is 0 Å². The second-order valence-corrected chi connectivity index (χ2v) is 10.1. The minimum Gasteiger partial charge on any atom is -0.493 e. The molecule has 34 heavy (non-hydrogen) atoms. The molecule has 1 atom stereocenters. The van der Waals surface area contributed by atoms with Crippen LogP contribution in [0.4, 0.5) is 0 Å². The summed E-state index contributed by atoms with van der Waals surface area (Å²) in [5, 5.41) is 13.6. The summed E-state index contributed by atoms with van der Waals surface area (Å²) in [6, 6.07) is 13.6. The molecule has 5 nitrogen and oxygen atoms in total. The third-order valence-electron chi connectivity index (χ3n) is 6.15. The molecule has 0 radical (unpaired) electrons. The summed E-state index contributed by atoms with van der Waals surface area (Å²) in [5.74, 6) is -0.245. The van der Waals surface area contributed by atoms with E-state index in [0.29, 0.717) is 17.2 Å². The summed E-state index contributed by atoms with van der Waals surface area (Å²) < 4.78 is 12.0. The molecule has 1 aliphatic rings. The van der Waals surface area contributed by atoms with Crippen LogP contribution < -0.4 is 4.74 Å². The van der Waals surface area contributed by atoms with Gasteiger partial charge in [0.1, 0.15) is 5.75 Å². The van der Waals surface area contributed by atoms with Crippen molar-refractivity contribution in [2.24, 2.45) is 0 Å². The normalized spacial score (nSPS) is 14.3. The van der Waals surface area contributed by atoms with Gasteiger partial charge in [0.2, 0.25) is 0 Å². The zero-order valence-corrected chi connectivity index (χ0v) is 20.4. The van der Waals surface area contributed by atoms with E-state index >= 15 is 0 Å². The summed E-state index contributed by atoms with van der Waals surface area (Å²) in [6.07, 6.45) is 1.44. The van der Waals surface area contributed by atoms with Gasteiger partial charge < -0.3 is 14.6 Å². The summed E-state index contributed by atoms with van der Waals surface area (Å²) in [7, 11) is 0. The van der Waals surface area contributed by atoms with E-state index in [-0.39, 0.29) is 0 Å². The maximum atomic E-state index is 12.6. The molecular weight excluding hydrogens is 450 g/mol. The minimum absolute atomic E-state index is 0.575. The summed E-state index contributed by atoms with van der Waals surface area (Å²) >= 11 is 6.44. The molecule has 0 spiro atoms. The predicted octanol–water partition coefficient (Wildman–Crippen LogP) is 6.89. The number of carboxylic acids is 1. The van der Waals surface area contributed by atoms with Gasteiger partial charge in [0.05, 0.1) is 17.7 Å². The molecule has 0 saturated carbocycles. The first kappa shape index (κ1) is 22.6. The van der Waals surface area contributed by atoms with Crippen LogP contribution in [0.15, 0.2) is 48.7 Å². The number of ether oxygens (including phenoxy) is 2. The van der Waals surface area contributed by atoms with Gasteiger partial charge >= 0.3 is 5.97 Å². The van der Waals surface area contributed by atoms with E-state index in [9.17, 15) is 9.90 Å². The van der Waals surface area contributed by atoms with Crippen LogP contribution >= 0.6 is 11.6 Å². The highest BCUT2D eigenvalue weighted by Gasteiger charge is 2.32. The molecule has 0 amide bonds. The number of carboxylic acid groups (broad SMARTS) is 1. The first-order chi connectivity index (χ1) is 16.1. The lowest BCUT2D eigenvalue weighted by Gasteiger charge is -2.29. The van der Waals surface area contributed by atoms with Crippen molar-refractivity contribution in [1.29, 1.82) is 0 Å². The molecule has 1 N–H and O–H groups in total. The van der Waals surface area contributed by atoms with Gasteiger partial charge in [0, 0.05) is 34.2 Å². The minimum atomic E-state index is -1.17. The van der Waals surface area contributed by atoms with E-state index < -0.39 is 17.7 Å². The van der Waals surface area contributed by atoms with E-state index in [2.05, 4.69) is 0 Å². The number of aliphatic carboxylic acids is 1. The molecule has 0 fully saturated rings. The lowest BCUT2D eigenvalue weighted by molar-refractivity contribution is -0.160. The topological polar surface area (TPSA) is 68.7 Å². The SMILES string of the molecule is Cc1cc2ccc(Cl)cc2c(-c2ccc3c4c(ccnc24)CCO3)c1[C@H](OC(C)(C)C)C(=O)O. The fourth-order valence-electron chi connectivity index (χ4n) is 4.84. The smallest absolute Gasteiger partial charge is 0.337 e. The number of aromatic nitrogens is 1. The van der Waals surface area contributed by atoms with Gasteiger partial charge in [0.15, 0.2) is 6.10 Å². The van der Waals surface area contributed by atoms with Crippen molar-refractivity contribution in [2.75, 3.05) is 6.61 Å². The number of carbonyl (C=O) groups is 1. The van der Waals surface area contributed by atoms with E-state index in [1.807, 2.05) is 70.2 Å². The average Bonchev–Trinajstić information content (AvgIpc) is 2.77. The molecule has 0 unspecified atom stereocenters. The maximum absolute atomic E-state index is 12.6. The molecule has 4 aromatic rings. The summed E-state index contributed by atoms with van der Waals surface area (Å²) in [5.41, 5.74) is 4.33. The first-order valence-corrected chi connectivity index (χ1v) is 11.7. The number of halogens is 1. The zero-order valence-electron chi connectivity index (χ0n) is 19.6. The predicted molar refractivity (Wildman–Crippen MR) is 135 cm³/mol. The fourth-order valence-corrected chi connectivity index (χ4v) is 5.01. The molecule has 2 heterocycles. The quantitative estimate of drug-likeness (QED) is 0.348. The van der Waals surface area contributed by atoms with Crippen LogP contribution in [0.2, 0.25) is 5.02 Å². The highest BCUT2D eigenvalue weighted by molar-refractivity contribution is 6.31. The number of pyridine rings is 1. The molecule has 174 valence electrons. The van der Waals surface area contributed by atoms with Crippen LogP contribution in [0.3, 0.4) is 0 Å². The number of benzene rings is 3. The summed E-state index contributed by atoms with van der Waals surface area (Å²) in [6.45, 7) is 8.13. The van der Waals surface area contributed by atoms with Gasteiger partial charge in [-0.3, -0.25) is 4.98 Å². The third-order valence-corrected chi connectivity index (χ3v) is 6.38. The van der Waals surface area contributed by atoms with Crippen LogP contribution in [0.25, 0.3) is 32.8 Å². The molecule has 5 rings (SSSR count). The Bertz CT molecular complexity index is 1440. The molecule has 0 bridgehead atoms. The zero-order chi connectivity index (χ0) is 24.2. The number of hydrogen-bond acceptors (Lipinski definition) is 4. The van der Waals surface area contributed by atoms with Crippen molar-refractivity contribution in [2.45, 2.75) is 45.8 Å². The number of aryl methyl sites for hydroxylation is 1. The van der Waals surface area contributed by atoms with Gasteiger partial charge in [-0.15, -0.1) is 0 Å². The Morgan fingerprint density at radius 2 is 1.97 bits per heavy atom. The second kappa shape index (κ2) is 8.26. The number of nitrogens with zero attached hydrogens (tertiary/aromatic N) is 1. The monoisotopic (exact) mass is 475 g/mol. The summed E-state index contributed by atoms with van der Waals surface area (Å²) in [4.78, 5) is 17.3. The van der Waals surface area contributed by atoms with Crippen molar-refractivity contribution in [1.82, 2.24) is 4.98 Å². The molecule has 0 saturated heterocycles. The number of rotatable bonds is 4. The van der Waals surface area contributed by atoms with Gasteiger partial charge in [-0.25, -0.2) is 4.79 Å². The van der Waals surface area contributed by atoms with Crippen LogP contribution in [0.5, 0.6) is 5.75 Å². The molecule has 6 heteroatoms. The van der Waals surface area contributed by atoms with Crippen molar-refractivity contribution < 1.29 is 19.4 Å². The van der Waals surface area contributed by atoms with Gasteiger partial charge in [-0.1, -0.05) is 23.7 Å². The number of fused-ring (bicyclic) bond motifs is 1. The van der Waals surface area contributed by atoms with Crippen molar-refractivity contribution in [3.8, 4) is 16.9 Å². The van der Waals surface area contributed by atoms with Gasteiger partial charge in [-0.05, 0) is 85.5 Å². The lowest BCUT2D eigenvalue weighted by atomic mass is 9.85. The van der Waals surface area contributed by atoms with Gasteiger partial charge in [0.25, 0.3) is 0 Å². The number of hydrogen-bond donors (Lipinski definition) is 1. The average molecular weight is 476 g/mol. The Morgan fingerprint density at radius 1 is 1.18 bits per heavy atom. The van der Waals surface area contributed by atoms with Crippen LogP contribution in [0, 0.1) is 6.92 Å². The first-order valence-electron chi connectivity index (χ1n) is 11.3. The third kappa shape index (κ3) is 3.89. The van der Waals surface area contributed by atoms with E-state index in [1.54, 1.807) is 6.20 Å². The van der Waals surface area contributed by atoms with E-state index in [0.717, 1.165) is 50.5 Å². The van der Waals surface area contributed by atoms with Crippen LogP contribution in [0.1, 0.15) is 43.6 Å². The molecule has 1 aromatic heterocycles. The van der Waals surface area contributed by atoms with Crippen LogP contribution in [-0.4, -0.2) is 28.3 Å².